The second kappa shape index (κ2) is 7.92. The van der Waals surface area contributed by atoms with Gasteiger partial charge in [0, 0.05) is 30.5 Å². The molecule has 0 spiro atoms. The Kier molecular flexibility index (Phi) is 5.42. The Hall–Kier alpha value is -2.70. The Labute approximate surface area is 146 Å². The van der Waals surface area contributed by atoms with Crippen molar-refractivity contribution >= 4 is 11.4 Å². The molecule has 0 radical (unpaired) electrons. The number of ether oxygens (including phenoxy) is 1. The minimum Gasteiger partial charge on any atom is -0.389 e. The first kappa shape index (κ1) is 17.1. The number of carbonyl (C=O) groups excluding carboxylic acids is 1. The first-order valence-electron chi connectivity index (χ1n) is 8.26. The molecule has 6 nitrogen and oxygen atoms in total. The van der Waals surface area contributed by atoms with Gasteiger partial charge < -0.3 is 15.2 Å². The number of aliphatic hydroxyl groups is 1. The smallest absolute Gasteiger partial charge is 0.251 e. The van der Waals surface area contributed by atoms with Crippen molar-refractivity contribution in [3.8, 4) is 11.1 Å². The zero-order valence-corrected chi connectivity index (χ0v) is 14.1. The number of hydrogen-bond acceptors (Lipinski definition) is 4. The normalized spacial score (nSPS) is 12.2. The Balaban J connectivity index is 1.67. The van der Waals surface area contributed by atoms with Gasteiger partial charge in [-0.1, -0.05) is 18.2 Å². The summed E-state index contributed by atoms with van der Waals surface area (Å²) >= 11 is 0. The van der Waals surface area contributed by atoms with E-state index in [0.29, 0.717) is 12.2 Å². The van der Waals surface area contributed by atoms with Crippen LogP contribution in [0, 0.1) is 0 Å². The van der Waals surface area contributed by atoms with E-state index in [9.17, 15) is 9.90 Å². The summed E-state index contributed by atoms with van der Waals surface area (Å²) in [5.41, 5.74) is 3.57. The number of hydrogen-bond donors (Lipinski definition) is 2. The number of aromatic nitrogens is 2. The summed E-state index contributed by atoms with van der Waals surface area (Å²) in [6.07, 6.45) is 3.00. The minimum atomic E-state index is -0.707. The summed E-state index contributed by atoms with van der Waals surface area (Å²) in [6, 6.07) is 13.2. The number of nitrogens with one attached hydrogen (secondary N) is 1. The topological polar surface area (TPSA) is 75.9 Å². The highest BCUT2D eigenvalue weighted by molar-refractivity contribution is 5.95. The summed E-state index contributed by atoms with van der Waals surface area (Å²) in [6.45, 7) is 2.77. The van der Waals surface area contributed by atoms with Crippen molar-refractivity contribution in [2.24, 2.45) is 0 Å². The Bertz CT molecular complexity index is 843. The van der Waals surface area contributed by atoms with Crippen LogP contribution >= 0.6 is 0 Å². The molecule has 2 N–H and O–H groups in total. The summed E-state index contributed by atoms with van der Waals surface area (Å²) in [4.78, 5) is 12.2. The number of fused-ring (bicyclic) bond motifs is 1. The fourth-order valence-electron chi connectivity index (χ4n) is 2.58. The van der Waals surface area contributed by atoms with Crippen LogP contribution in [-0.2, 0) is 4.74 Å². The van der Waals surface area contributed by atoms with Crippen LogP contribution in [0.15, 0.2) is 54.9 Å². The maximum absolute atomic E-state index is 12.2. The molecular weight excluding hydrogens is 318 g/mol. The van der Waals surface area contributed by atoms with Gasteiger partial charge in [0.05, 0.1) is 24.4 Å². The van der Waals surface area contributed by atoms with Gasteiger partial charge in [-0.2, -0.15) is 5.10 Å². The van der Waals surface area contributed by atoms with Gasteiger partial charge in [-0.3, -0.25) is 4.79 Å². The van der Waals surface area contributed by atoms with E-state index in [1.165, 1.54) is 0 Å². The van der Waals surface area contributed by atoms with Crippen LogP contribution in [0.5, 0.6) is 0 Å². The summed E-state index contributed by atoms with van der Waals surface area (Å²) in [5, 5.41) is 16.7. The minimum absolute atomic E-state index is 0.161. The lowest BCUT2D eigenvalue weighted by Gasteiger charge is -2.11. The average Bonchev–Trinajstić information content (AvgIpc) is 3.08. The second-order valence-electron chi connectivity index (χ2n) is 5.69. The van der Waals surface area contributed by atoms with Crippen LogP contribution in [0.2, 0.25) is 0 Å². The van der Waals surface area contributed by atoms with E-state index in [0.717, 1.165) is 16.6 Å². The highest BCUT2D eigenvalue weighted by Gasteiger charge is 2.11. The predicted molar refractivity (Wildman–Crippen MR) is 95.5 cm³/mol. The standard InChI is InChI=1S/C19H21N3O3/c1-2-25-13-16(23)11-20-19(24)15-8-6-14(7-9-15)17-12-21-22-10-4-3-5-18(17)22/h3-10,12,16,23H,2,11,13H2,1H3,(H,20,24)/t16-/m1/s1. The molecule has 0 saturated carbocycles. The van der Waals surface area contributed by atoms with Gasteiger partial charge >= 0.3 is 0 Å². The van der Waals surface area contributed by atoms with Crippen molar-refractivity contribution in [2.75, 3.05) is 19.8 Å². The maximum atomic E-state index is 12.2. The van der Waals surface area contributed by atoms with E-state index in [-0.39, 0.29) is 19.1 Å². The highest BCUT2D eigenvalue weighted by atomic mass is 16.5. The molecule has 0 aliphatic carbocycles. The number of nitrogens with zero attached hydrogens (tertiary/aromatic N) is 2. The van der Waals surface area contributed by atoms with Gasteiger partial charge in [0.15, 0.2) is 0 Å². The molecular formula is C19H21N3O3. The first-order chi connectivity index (χ1) is 12.2. The molecule has 0 saturated heterocycles. The molecule has 25 heavy (non-hydrogen) atoms. The number of rotatable bonds is 7. The van der Waals surface area contributed by atoms with Gasteiger partial charge in [0.25, 0.3) is 5.91 Å². The van der Waals surface area contributed by atoms with Gasteiger partial charge in [0.2, 0.25) is 0 Å². The molecule has 0 fully saturated rings. The van der Waals surface area contributed by atoms with E-state index in [1.54, 1.807) is 12.1 Å². The van der Waals surface area contributed by atoms with Crippen molar-refractivity contribution < 1.29 is 14.6 Å². The molecule has 0 unspecified atom stereocenters. The van der Waals surface area contributed by atoms with Crippen molar-refractivity contribution in [3.05, 3.63) is 60.4 Å². The molecule has 6 heteroatoms. The number of benzene rings is 1. The lowest BCUT2D eigenvalue weighted by atomic mass is 10.0. The Morgan fingerprint density at radius 1 is 1.28 bits per heavy atom. The van der Waals surface area contributed by atoms with Crippen LogP contribution in [0.4, 0.5) is 0 Å². The second-order valence-corrected chi connectivity index (χ2v) is 5.69. The Morgan fingerprint density at radius 3 is 2.84 bits per heavy atom. The zero-order chi connectivity index (χ0) is 17.6. The number of aliphatic hydroxyl groups excluding tert-OH is 1. The summed E-state index contributed by atoms with van der Waals surface area (Å²) in [7, 11) is 0. The molecule has 0 bridgehead atoms. The third kappa shape index (κ3) is 4.04. The first-order valence-corrected chi connectivity index (χ1v) is 8.26. The maximum Gasteiger partial charge on any atom is 0.251 e. The van der Waals surface area contributed by atoms with Crippen LogP contribution < -0.4 is 5.32 Å². The predicted octanol–water partition coefficient (Wildman–Crippen LogP) is 2.13. The van der Waals surface area contributed by atoms with Gasteiger partial charge in [-0.25, -0.2) is 4.52 Å². The van der Waals surface area contributed by atoms with Crippen LogP contribution in [0.3, 0.4) is 0 Å². The van der Waals surface area contributed by atoms with E-state index >= 15 is 0 Å². The molecule has 3 aromatic rings. The number of carbonyl (C=O) groups is 1. The lowest BCUT2D eigenvalue weighted by molar-refractivity contribution is 0.0418. The van der Waals surface area contributed by atoms with Gasteiger partial charge in [-0.15, -0.1) is 0 Å². The summed E-state index contributed by atoms with van der Waals surface area (Å²) in [5.74, 6) is -0.220. The number of amides is 1. The van der Waals surface area contributed by atoms with E-state index in [4.69, 9.17) is 4.74 Å². The third-order valence-electron chi connectivity index (χ3n) is 3.90. The molecule has 130 valence electrons. The third-order valence-corrected chi connectivity index (χ3v) is 3.90. The van der Waals surface area contributed by atoms with Crippen molar-refractivity contribution in [1.29, 1.82) is 0 Å². The number of pyridine rings is 1. The molecule has 0 aliphatic rings. The average molecular weight is 339 g/mol. The Morgan fingerprint density at radius 2 is 2.08 bits per heavy atom. The fourth-order valence-corrected chi connectivity index (χ4v) is 2.58. The molecule has 2 aromatic heterocycles. The monoisotopic (exact) mass is 339 g/mol. The SMILES string of the molecule is CCOC[C@H](O)CNC(=O)c1ccc(-c2cnn3ccccc23)cc1. The fraction of sp³-hybridized carbons (Fsp3) is 0.263. The largest absolute Gasteiger partial charge is 0.389 e. The van der Waals surface area contributed by atoms with Crippen molar-refractivity contribution in [3.63, 3.8) is 0 Å². The lowest BCUT2D eigenvalue weighted by Crippen LogP contribution is -2.34. The van der Waals surface area contributed by atoms with Gasteiger partial charge in [-0.05, 0) is 36.8 Å². The van der Waals surface area contributed by atoms with E-state index in [2.05, 4.69) is 10.4 Å². The molecule has 2 heterocycles. The zero-order valence-electron chi connectivity index (χ0n) is 14.1. The molecule has 1 atom stereocenters. The molecule has 1 amide bonds. The van der Waals surface area contributed by atoms with Gasteiger partial charge in [0.1, 0.15) is 0 Å². The molecule has 0 aliphatic heterocycles. The molecule has 3 rings (SSSR count). The quantitative estimate of drug-likeness (QED) is 0.691. The highest BCUT2D eigenvalue weighted by Crippen LogP contribution is 2.24. The van der Waals surface area contributed by atoms with Crippen LogP contribution in [0.25, 0.3) is 16.6 Å². The van der Waals surface area contributed by atoms with Crippen LogP contribution in [0.1, 0.15) is 17.3 Å². The summed E-state index contributed by atoms with van der Waals surface area (Å²) < 4.78 is 6.93. The van der Waals surface area contributed by atoms with Crippen molar-refractivity contribution in [2.45, 2.75) is 13.0 Å². The molecule has 1 aromatic carbocycles. The van der Waals surface area contributed by atoms with Crippen molar-refractivity contribution in [1.82, 2.24) is 14.9 Å². The van der Waals surface area contributed by atoms with E-state index < -0.39 is 6.10 Å². The van der Waals surface area contributed by atoms with E-state index in [1.807, 2.05) is 54.2 Å². The van der Waals surface area contributed by atoms with Crippen LogP contribution in [-0.4, -0.2) is 46.5 Å².